The maximum absolute atomic E-state index is 9.62. The lowest BCUT2D eigenvalue weighted by atomic mass is 9.76. The van der Waals surface area contributed by atoms with Gasteiger partial charge in [-0.15, -0.1) is 0 Å². The van der Waals surface area contributed by atoms with Gasteiger partial charge in [-0.2, -0.15) is 0 Å². The van der Waals surface area contributed by atoms with Gasteiger partial charge in [-0.25, -0.2) is 0 Å². The van der Waals surface area contributed by atoms with E-state index < -0.39 is 0 Å². The van der Waals surface area contributed by atoms with E-state index >= 15 is 0 Å². The predicted molar refractivity (Wildman–Crippen MR) is 52.0 cm³/mol. The highest BCUT2D eigenvalue weighted by molar-refractivity contribution is 4.79. The molecule has 12 heavy (non-hydrogen) atoms. The predicted octanol–water partition coefficient (Wildman–Crippen LogP) is 2.97. The molecule has 0 unspecified atom stereocenters. The van der Waals surface area contributed by atoms with Crippen molar-refractivity contribution < 1.29 is 5.11 Å². The molecule has 0 aromatic heterocycles. The van der Waals surface area contributed by atoms with Crippen LogP contribution in [0.25, 0.3) is 0 Å². The highest BCUT2D eigenvalue weighted by Gasteiger charge is 2.28. The molecule has 1 N–H and O–H groups in total. The van der Waals surface area contributed by atoms with Crippen LogP contribution in [0, 0.1) is 11.3 Å². The van der Waals surface area contributed by atoms with Crippen molar-refractivity contribution in [3.63, 3.8) is 0 Å². The standard InChI is InChI=1S/C11H22O/c1-11(2,3)9-6-4-5-7-10(12)8-9/h9-10,12H,4-8H2,1-3H3/t9-,10+/m1/s1. The lowest BCUT2D eigenvalue weighted by Crippen LogP contribution is -2.23. The van der Waals surface area contributed by atoms with Crippen molar-refractivity contribution in [2.45, 2.75) is 59.0 Å². The third kappa shape index (κ3) is 2.78. The Hall–Kier alpha value is -0.0400. The quantitative estimate of drug-likeness (QED) is 0.554. The monoisotopic (exact) mass is 170 g/mol. The summed E-state index contributed by atoms with van der Waals surface area (Å²) >= 11 is 0. The summed E-state index contributed by atoms with van der Waals surface area (Å²) in [5.41, 5.74) is 0.380. The molecule has 1 nitrogen and oxygen atoms in total. The van der Waals surface area contributed by atoms with Crippen LogP contribution < -0.4 is 0 Å². The first kappa shape index (κ1) is 10.0. The largest absolute Gasteiger partial charge is 0.393 e. The number of aliphatic hydroxyl groups excluding tert-OH is 1. The molecule has 0 spiro atoms. The Morgan fingerprint density at radius 2 is 1.67 bits per heavy atom. The zero-order valence-corrected chi connectivity index (χ0v) is 8.64. The SMILES string of the molecule is CC(C)(C)[C@@H]1CCCC[C@H](O)C1. The maximum atomic E-state index is 9.62. The summed E-state index contributed by atoms with van der Waals surface area (Å²) in [7, 11) is 0. The molecule has 0 aromatic carbocycles. The van der Waals surface area contributed by atoms with Crippen molar-refractivity contribution in [3.05, 3.63) is 0 Å². The molecule has 1 saturated carbocycles. The smallest absolute Gasteiger partial charge is 0.0543 e. The van der Waals surface area contributed by atoms with Crippen LogP contribution in [0.5, 0.6) is 0 Å². The van der Waals surface area contributed by atoms with Crippen LogP contribution in [0.15, 0.2) is 0 Å². The number of hydrogen-bond acceptors (Lipinski definition) is 1. The molecule has 1 aliphatic carbocycles. The van der Waals surface area contributed by atoms with Crippen LogP contribution in [0.1, 0.15) is 52.9 Å². The van der Waals surface area contributed by atoms with Gasteiger partial charge in [0.2, 0.25) is 0 Å². The summed E-state index contributed by atoms with van der Waals surface area (Å²) in [6.07, 6.45) is 5.83. The lowest BCUT2D eigenvalue weighted by Gasteiger charge is -2.30. The van der Waals surface area contributed by atoms with Gasteiger partial charge < -0.3 is 5.11 Å². The normalized spacial score (nSPS) is 33.0. The van der Waals surface area contributed by atoms with E-state index in [9.17, 15) is 5.11 Å². The second kappa shape index (κ2) is 3.78. The molecule has 2 atom stereocenters. The van der Waals surface area contributed by atoms with Crippen LogP contribution in [0.2, 0.25) is 0 Å². The maximum Gasteiger partial charge on any atom is 0.0543 e. The molecule has 0 aromatic rings. The first-order valence-corrected chi connectivity index (χ1v) is 5.18. The van der Waals surface area contributed by atoms with E-state index in [0.717, 1.165) is 18.8 Å². The van der Waals surface area contributed by atoms with Crippen molar-refractivity contribution in [1.29, 1.82) is 0 Å². The minimum Gasteiger partial charge on any atom is -0.393 e. The average molecular weight is 170 g/mol. The van der Waals surface area contributed by atoms with E-state index in [0.29, 0.717) is 5.41 Å². The first-order chi connectivity index (χ1) is 5.50. The Balaban J connectivity index is 2.52. The fraction of sp³-hybridized carbons (Fsp3) is 1.00. The van der Waals surface area contributed by atoms with Gasteiger partial charge in [0.1, 0.15) is 0 Å². The Morgan fingerprint density at radius 1 is 1.08 bits per heavy atom. The summed E-state index contributed by atoms with van der Waals surface area (Å²) in [5.74, 6) is 0.718. The number of rotatable bonds is 0. The lowest BCUT2D eigenvalue weighted by molar-refractivity contribution is 0.105. The molecule has 0 saturated heterocycles. The van der Waals surface area contributed by atoms with Gasteiger partial charge in [-0.3, -0.25) is 0 Å². The van der Waals surface area contributed by atoms with E-state index in [-0.39, 0.29) is 6.10 Å². The zero-order valence-electron chi connectivity index (χ0n) is 8.64. The van der Waals surface area contributed by atoms with Crippen LogP contribution in [-0.2, 0) is 0 Å². The topological polar surface area (TPSA) is 20.2 Å². The molecule has 0 heterocycles. The fourth-order valence-corrected chi connectivity index (χ4v) is 2.12. The van der Waals surface area contributed by atoms with Gasteiger partial charge in [-0.05, 0) is 30.6 Å². The third-order valence-corrected chi connectivity index (χ3v) is 3.12. The molecule has 1 aliphatic rings. The molecule has 1 heteroatoms. The summed E-state index contributed by atoms with van der Waals surface area (Å²) in [5, 5.41) is 9.62. The minimum absolute atomic E-state index is 0.0308. The molecule has 0 radical (unpaired) electrons. The van der Waals surface area contributed by atoms with E-state index in [1.54, 1.807) is 0 Å². The van der Waals surface area contributed by atoms with Gasteiger partial charge in [0.25, 0.3) is 0 Å². The second-order valence-corrected chi connectivity index (χ2v) is 5.24. The van der Waals surface area contributed by atoms with E-state index in [1.165, 1.54) is 19.3 Å². The van der Waals surface area contributed by atoms with Crippen LogP contribution >= 0.6 is 0 Å². The Bertz CT molecular complexity index is 134. The van der Waals surface area contributed by atoms with Crippen molar-refractivity contribution in [2.24, 2.45) is 11.3 Å². The molecular weight excluding hydrogens is 148 g/mol. The molecule has 0 aliphatic heterocycles. The van der Waals surface area contributed by atoms with Crippen molar-refractivity contribution >= 4 is 0 Å². The minimum atomic E-state index is -0.0308. The third-order valence-electron chi connectivity index (χ3n) is 3.12. The van der Waals surface area contributed by atoms with Crippen molar-refractivity contribution in [1.82, 2.24) is 0 Å². The fourth-order valence-electron chi connectivity index (χ4n) is 2.12. The number of aliphatic hydroxyl groups is 1. The summed E-state index contributed by atoms with van der Waals surface area (Å²) < 4.78 is 0. The van der Waals surface area contributed by atoms with Gasteiger partial charge in [0.05, 0.1) is 6.10 Å². The van der Waals surface area contributed by atoms with E-state index in [4.69, 9.17) is 0 Å². The van der Waals surface area contributed by atoms with Gasteiger partial charge in [-0.1, -0.05) is 33.6 Å². The first-order valence-electron chi connectivity index (χ1n) is 5.18. The Morgan fingerprint density at radius 3 is 2.25 bits per heavy atom. The summed E-state index contributed by atoms with van der Waals surface area (Å²) in [4.78, 5) is 0. The molecular formula is C11H22O. The van der Waals surface area contributed by atoms with Crippen LogP contribution in [0.3, 0.4) is 0 Å². The Labute approximate surface area is 76.2 Å². The molecule has 1 fully saturated rings. The molecule has 1 rings (SSSR count). The van der Waals surface area contributed by atoms with Gasteiger partial charge in [0.15, 0.2) is 0 Å². The molecule has 72 valence electrons. The highest BCUT2D eigenvalue weighted by Crippen LogP contribution is 2.36. The molecule has 0 bridgehead atoms. The highest BCUT2D eigenvalue weighted by atomic mass is 16.3. The Kier molecular flexibility index (Phi) is 3.16. The molecule has 0 amide bonds. The van der Waals surface area contributed by atoms with Crippen molar-refractivity contribution in [2.75, 3.05) is 0 Å². The van der Waals surface area contributed by atoms with Crippen LogP contribution in [-0.4, -0.2) is 11.2 Å². The van der Waals surface area contributed by atoms with Crippen molar-refractivity contribution in [3.8, 4) is 0 Å². The van der Waals surface area contributed by atoms with Crippen LogP contribution in [0.4, 0.5) is 0 Å². The zero-order chi connectivity index (χ0) is 9.19. The van der Waals surface area contributed by atoms with Gasteiger partial charge in [0, 0.05) is 0 Å². The second-order valence-electron chi connectivity index (χ2n) is 5.24. The van der Waals surface area contributed by atoms with Gasteiger partial charge >= 0.3 is 0 Å². The van der Waals surface area contributed by atoms with E-state index in [2.05, 4.69) is 20.8 Å². The van der Waals surface area contributed by atoms with E-state index in [1.807, 2.05) is 0 Å². The summed E-state index contributed by atoms with van der Waals surface area (Å²) in [6, 6.07) is 0. The summed E-state index contributed by atoms with van der Waals surface area (Å²) in [6.45, 7) is 6.86. The number of hydrogen-bond donors (Lipinski definition) is 1. The average Bonchev–Trinajstić information content (AvgIpc) is 2.11.